The first-order valence-electron chi connectivity index (χ1n) is 8.14. The van der Waals surface area contributed by atoms with Crippen LogP contribution in [0.4, 0.5) is 5.69 Å². The average Bonchev–Trinajstić information content (AvgIpc) is 2.54. The van der Waals surface area contributed by atoms with Crippen molar-refractivity contribution < 1.29 is 9.59 Å². The van der Waals surface area contributed by atoms with Gasteiger partial charge in [0.2, 0.25) is 0 Å². The van der Waals surface area contributed by atoms with Crippen molar-refractivity contribution >= 4 is 17.5 Å². The van der Waals surface area contributed by atoms with Gasteiger partial charge in [0.1, 0.15) is 0 Å². The van der Waals surface area contributed by atoms with E-state index in [1.54, 1.807) is 13.1 Å². The molecule has 2 aromatic rings. The number of hydrogen-bond acceptors (Lipinski definition) is 2. The third-order valence-corrected chi connectivity index (χ3v) is 3.84. The van der Waals surface area contributed by atoms with Gasteiger partial charge in [-0.05, 0) is 48.6 Å². The first kappa shape index (κ1) is 17.7. The molecule has 0 aliphatic rings. The van der Waals surface area contributed by atoms with Crippen molar-refractivity contribution in [1.29, 1.82) is 0 Å². The normalized spacial score (nSPS) is 10.5. The zero-order valence-electron chi connectivity index (χ0n) is 14.6. The second-order valence-electron chi connectivity index (χ2n) is 6.33. The van der Waals surface area contributed by atoms with E-state index in [-0.39, 0.29) is 11.8 Å². The number of rotatable bonds is 5. The van der Waals surface area contributed by atoms with Crippen LogP contribution in [0.1, 0.15) is 45.7 Å². The van der Waals surface area contributed by atoms with Gasteiger partial charge in [-0.15, -0.1) is 0 Å². The minimum absolute atomic E-state index is 0.212. The largest absolute Gasteiger partial charge is 0.355 e. The molecule has 2 rings (SSSR count). The number of benzene rings is 2. The van der Waals surface area contributed by atoms with Crippen LogP contribution in [0.25, 0.3) is 0 Å². The summed E-state index contributed by atoms with van der Waals surface area (Å²) in [5.74, 6) is 0.143. The van der Waals surface area contributed by atoms with Gasteiger partial charge >= 0.3 is 0 Å². The number of carbonyl (C=O) groups excluding carboxylic acids is 2. The number of anilines is 1. The fourth-order valence-electron chi connectivity index (χ4n) is 2.66. The lowest BCUT2D eigenvalue weighted by molar-refractivity contribution is 0.0963. The van der Waals surface area contributed by atoms with Gasteiger partial charge in [-0.2, -0.15) is 0 Å². The Balaban J connectivity index is 2.21. The van der Waals surface area contributed by atoms with Crippen LogP contribution in [0.5, 0.6) is 0 Å². The third kappa shape index (κ3) is 4.22. The average molecular weight is 324 g/mol. The molecule has 0 bridgehead atoms. The van der Waals surface area contributed by atoms with Crippen molar-refractivity contribution in [2.24, 2.45) is 5.92 Å². The SMILES string of the molecule is CNC(=O)c1c(C)cccc1NC(=O)c1ccc(CC(C)C)cc1. The molecular formula is C20H24N2O2. The van der Waals surface area contributed by atoms with Crippen LogP contribution < -0.4 is 10.6 Å². The van der Waals surface area contributed by atoms with E-state index in [9.17, 15) is 9.59 Å². The van der Waals surface area contributed by atoms with E-state index in [0.717, 1.165) is 12.0 Å². The number of amides is 2. The Morgan fingerprint density at radius 3 is 2.25 bits per heavy atom. The molecule has 4 heteroatoms. The Hall–Kier alpha value is -2.62. The van der Waals surface area contributed by atoms with Gasteiger partial charge in [0.05, 0.1) is 11.3 Å². The van der Waals surface area contributed by atoms with Crippen LogP contribution in [0.15, 0.2) is 42.5 Å². The molecule has 0 heterocycles. The Kier molecular flexibility index (Phi) is 5.74. The highest BCUT2D eigenvalue weighted by molar-refractivity contribution is 6.09. The smallest absolute Gasteiger partial charge is 0.255 e. The molecule has 126 valence electrons. The number of hydrogen-bond donors (Lipinski definition) is 2. The van der Waals surface area contributed by atoms with Gasteiger partial charge in [-0.25, -0.2) is 0 Å². The monoisotopic (exact) mass is 324 g/mol. The summed E-state index contributed by atoms with van der Waals surface area (Å²) < 4.78 is 0. The molecule has 2 aromatic carbocycles. The number of aryl methyl sites for hydroxylation is 1. The Labute approximate surface area is 143 Å². The molecular weight excluding hydrogens is 300 g/mol. The van der Waals surface area contributed by atoms with Gasteiger partial charge in [0.25, 0.3) is 11.8 Å². The van der Waals surface area contributed by atoms with E-state index in [0.29, 0.717) is 22.7 Å². The maximum Gasteiger partial charge on any atom is 0.255 e. The molecule has 24 heavy (non-hydrogen) atoms. The molecule has 0 aliphatic carbocycles. The zero-order chi connectivity index (χ0) is 17.7. The fraction of sp³-hybridized carbons (Fsp3) is 0.300. The molecule has 0 fully saturated rings. The molecule has 2 amide bonds. The van der Waals surface area contributed by atoms with Gasteiger partial charge in [0.15, 0.2) is 0 Å². The summed E-state index contributed by atoms with van der Waals surface area (Å²) in [5, 5.41) is 5.45. The summed E-state index contributed by atoms with van der Waals surface area (Å²) in [6.45, 7) is 6.18. The molecule has 0 saturated carbocycles. The Bertz CT molecular complexity index is 734. The molecule has 0 radical (unpaired) electrons. The molecule has 4 nitrogen and oxygen atoms in total. The molecule has 0 unspecified atom stereocenters. The topological polar surface area (TPSA) is 58.2 Å². The highest BCUT2D eigenvalue weighted by Gasteiger charge is 2.15. The highest BCUT2D eigenvalue weighted by atomic mass is 16.2. The van der Waals surface area contributed by atoms with Crippen molar-refractivity contribution in [3.63, 3.8) is 0 Å². The predicted octanol–water partition coefficient (Wildman–Crippen LogP) is 3.81. The highest BCUT2D eigenvalue weighted by Crippen LogP contribution is 2.20. The van der Waals surface area contributed by atoms with Gasteiger partial charge < -0.3 is 10.6 Å². The summed E-state index contributed by atoms with van der Waals surface area (Å²) >= 11 is 0. The summed E-state index contributed by atoms with van der Waals surface area (Å²) in [7, 11) is 1.58. The lowest BCUT2D eigenvalue weighted by Crippen LogP contribution is -2.22. The second-order valence-corrected chi connectivity index (χ2v) is 6.33. The third-order valence-electron chi connectivity index (χ3n) is 3.84. The van der Waals surface area contributed by atoms with E-state index in [4.69, 9.17) is 0 Å². The van der Waals surface area contributed by atoms with Crippen LogP contribution >= 0.6 is 0 Å². The molecule has 0 aliphatic heterocycles. The first-order valence-corrected chi connectivity index (χ1v) is 8.14. The van der Waals surface area contributed by atoms with Crippen molar-refractivity contribution in [2.75, 3.05) is 12.4 Å². The number of carbonyl (C=O) groups is 2. The Morgan fingerprint density at radius 1 is 1.00 bits per heavy atom. The molecule has 0 saturated heterocycles. The van der Waals surface area contributed by atoms with Crippen LogP contribution in [0.2, 0.25) is 0 Å². The van der Waals surface area contributed by atoms with E-state index in [1.807, 2.05) is 43.3 Å². The van der Waals surface area contributed by atoms with E-state index in [1.165, 1.54) is 5.56 Å². The van der Waals surface area contributed by atoms with Crippen molar-refractivity contribution in [3.05, 3.63) is 64.7 Å². The molecule has 0 aromatic heterocycles. The van der Waals surface area contributed by atoms with Crippen LogP contribution in [-0.4, -0.2) is 18.9 Å². The quantitative estimate of drug-likeness (QED) is 0.879. The van der Waals surface area contributed by atoms with Gasteiger partial charge in [-0.1, -0.05) is 38.1 Å². The van der Waals surface area contributed by atoms with Crippen molar-refractivity contribution in [1.82, 2.24) is 5.32 Å². The van der Waals surface area contributed by atoms with E-state index >= 15 is 0 Å². The summed E-state index contributed by atoms with van der Waals surface area (Å²) in [6.07, 6.45) is 0.987. The Morgan fingerprint density at radius 2 is 1.67 bits per heavy atom. The maximum absolute atomic E-state index is 12.5. The molecule has 0 spiro atoms. The fourth-order valence-corrected chi connectivity index (χ4v) is 2.66. The first-order chi connectivity index (χ1) is 11.4. The van der Waals surface area contributed by atoms with Gasteiger partial charge in [0, 0.05) is 12.6 Å². The summed E-state index contributed by atoms with van der Waals surface area (Å²) in [5.41, 5.74) is 3.62. The molecule has 0 atom stereocenters. The van der Waals surface area contributed by atoms with Crippen molar-refractivity contribution in [2.45, 2.75) is 27.2 Å². The van der Waals surface area contributed by atoms with E-state index in [2.05, 4.69) is 24.5 Å². The maximum atomic E-state index is 12.5. The minimum atomic E-state index is -0.221. The van der Waals surface area contributed by atoms with Gasteiger partial charge in [-0.3, -0.25) is 9.59 Å². The summed E-state index contributed by atoms with van der Waals surface area (Å²) in [4.78, 5) is 24.5. The number of nitrogens with one attached hydrogen (secondary N) is 2. The lowest BCUT2D eigenvalue weighted by Gasteiger charge is -2.13. The lowest BCUT2D eigenvalue weighted by atomic mass is 10.0. The van der Waals surface area contributed by atoms with Crippen LogP contribution in [-0.2, 0) is 6.42 Å². The minimum Gasteiger partial charge on any atom is -0.355 e. The predicted molar refractivity (Wildman–Crippen MR) is 97.5 cm³/mol. The van der Waals surface area contributed by atoms with Crippen molar-refractivity contribution in [3.8, 4) is 0 Å². The standard InChI is InChI=1S/C20H24N2O2/c1-13(2)12-15-8-10-16(11-9-15)19(23)22-17-7-5-6-14(3)18(17)20(24)21-4/h5-11,13H,12H2,1-4H3,(H,21,24)(H,22,23). The van der Waals surface area contributed by atoms with Crippen LogP contribution in [0, 0.1) is 12.8 Å². The molecule has 2 N–H and O–H groups in total. The van der Waals surface area contributed by atoms with E-state index < -0.39 is 0 Å². The van der Waals surface area contributed by atoms with Crippen LogP contribution in [0.3, 0.4) is 0 Å². The summed E-state index contributed by atoms with van der Waals surface area (Å²) in [6, 6.07) is 13.0. The zero-order valence-corrected chi connectivity index (χ0v) is 14.6. The second kappa shape index (κ2) is 7.77.